The maximum Gasteiger partial charge on any atom is 0.231 e. The molecule has 0 fully saturated rings. The molecule has 5 heteroatoms. The average Bonchev–Trinajstić information content (AvgIpc) is 2.96. The summed E-state index contributed by atoms with van der Waals surface area (Å²) in [5, 5.41) is 6.08. The number of carbonyl (C=O) groups excluding carboxylic acids is 1. The van der Waals surface area contributed by atoms with E-state index in [2.05, 4.69) is 15.6 Å². The highest BCUT2D eigenvalue weighted by atomic mass is 16.5. The fourth-order valence-corrected chi connectivity index (χ4v) is 2.35. The standard InChI is InChI=1S/C16H17N3O2/c20-16(13-11-21-14-6-2-1-5-12(13)14)19-10-9-18-15-7-3-4-8-17-15/h1-8,13H,9-11H2,(H,17,18)(H,19,20)/t13-/m0/s1. The van der Waals surface area contributed by atoms with Crippen molar-refractivity contribution in [2.45, 2.75) is 5.92 Å². The van der Waals surface area contributed by atoms with Crippen molar-refractivity contribution >= 4 is 11.7 Å². The highest BCUT2D eigenvalue weighted by molar-refractivity contribution is 5.85. The molecule has 2 N–H and O–H groups in total. The van der Waals surface area contributed by atoms with Crippen LogP contribution < -0.4 is 15.4 Å². The molecule has 0 spiro atoms. The van der Waals surface area contributed by atoms with Crippen LogP contribution in [0, 0.1) is 0 Å². The number of nitrogens with zero attached hydrogens (tertiary/aromatic N) is 1. The van der Waals surface area contributed by atoms with E-state index in [1.807, 2.05) is 42.5 Å². The molecule has 0 saturated carbocycles. The van der Waals surface area contributed by atoms with Crippen LogP contribution in [-0.4, -0.2) is 30.6 Å². The third-order valence-electron chi connectivity index (χ3n) is 3.41. The van der Waals surface area contributed by atoms with Crippen LogP contribution in [0.3, 0.4) is 0 Å². The van der Waals surface area contributed by atoms with Gasteiger partial charge in [0, 0.05) is 24.8 Å². The molecule has 0 aliphatic carbocycles. The molecule has 1 aromatic carbocycles. The lowest BCUT2D eigenvalue weighted by Gasteiger charge is -2.11. The molecule has 0 unspecified atom stereocenters. The van der Waals surface area contributed by atoms with Gasteiger partial charge in [-0.2, -0.15) is 0 Å². The van der Waals surface area contributed by atoms with Crippen LogP contribution in [0.5, 0.6) is 5.75 Å². The maximum atomic E-state index is 12.2. The molecule has 0 radical (unpaired) electrons. The summed E-state index contributed by atoms with van der Waals surface area (Å²) < 4.78 is 5.52. The Morgan fingerprint density at radius 2 is 2.05 bits per heavy atom. The van der Waals surface area contributed by atoms with Crippen molar-refractivity contribution in [2.24, 2.45) is 0 Å². The number of carbonyl (C=O) groups is 1. The van der Waals surface area contributed by atoms with E-state index in [4.69, 9.17) is 4.74 Å². The van der Waals surface area contributed by atoms with E-state index >= 15 is 0 Å². The fraction of sp³-hybridized carbons (Fsp3) is 0.250. The molecular weight excluding hydrogens is 266 g/mol. The van der Waals surface area contributed by atoms with Crippen molar-refractivity contribution in [2.75, 3.05) is 25.0 Å². The molecule has 1 aromatic heterocycles. The summed E-state index contributed by atoms with van der Waals surface area (Å²) >= 11 is 0. The summed E-state index contributed by atoms with van der Waals surface area (Å²) in [4.78, 5) is 16.3. The van der Waals surface area contributed by atoms with Crippen molar-refractivity contribution in [3.63, 3.8) is 0 Å². The number of benzene rings is 1. The summed E-state index contributed by atoms with van der Waals surface area (Å²) in [6, 6.07) is 13.4. The van der Waals surface area contributed by atoms with E-state index in [1.165, 1.54) is 0 Å². The number of ether oxygens (including phenoxy) is 1. The van der Waals surface area contributed by atoms with E-state index in [-0.39, 0.29) is 11.8 Å². The molecule has 21 heavy (non-hydrogen) atoms. The van der Waals surface area contributed by atoms with Gasteiger partial charge in [-0.15, -0.1) is 0 Å². The zero-order chi connectivity index (χ0) is 14.5. The summed E-state index contributed by atoms with van der Waals surface area (Å²) in [6.07, 6.45) is 1.73. The Morgan fingerprint density at radius 1 is 1.19 bits per heavy atom. The number of rotatable bonds is 5. The first kappa shape index (κ1) is 13.4. The maximum absolute atomic E-state index is 12.2. The lowest BCUT2D eigenvalue weighted by molar-refractivity contribution is -0.122. The van der Waals surface area contributed by atoms with Crippen molar-refractivity contribution in [1.29, 1.82) is 0 Å². The Bertz CT molecular complexity index is 616. The molecule has 1 aliphatic heterocycles. The van der Waals surface area contributed by atoms with E-state index < -0.39 is 0 Å². The molecular formula is C16H17N3O2. The van der Waals surface area contributed by atoms with Crippen LogP contribution in [0.15, 0.2) is 48.7 Å². The number of hydrogen-bond acceptors (Lipinski definition) is 4. The Hall–Kier alpha value is -2.56. The zero-order valence-electron chi connectivity index (χ0n) is 11.6. The van der Waals surface area contributed by atoms with Gasteiger partial charge in [-0.05, 0) is 18.2 Å². The smallest absolute Gasteiger partial charge is 0.231 e. The normalized spacial score (nSPS) is 15.9. The van der Waals surface area contributed by atoms with Gasteiger partial charge in [-0.25, -0.2) is 4.98 Å². The zero-order valence-corrected chi connectivity index (χ0v) is 11.6. The number of hydrogen-bond donors (Lipinski definition) is 2. The highest BCUT2D eigenvalue weighted by Crippen LogP contribution is 2.33. The minimum Gasteiger partial charge on any atom is -0.492 e. The average molecular weight is 283 g/mol. The largest absolute Gasteiger partial charge is 0.492 e. The van der Waals surface area contributed by atoms with Gasteiger partial charge in [-0.3, -0.25) is 4.79 Å². The Kier molecular flexibility index (Phi) is 4.00. The molecule has 2 aromatic rings. The SMILES string of the molecule is O=C(NCCNc1ccccn1)[C@H]1COc2ccccc21. The fourth-order valence-electron chi connectivity index (χ4n) is 2.35. The van der Waals surface area contributed by atoms with E-state index in [0.717, 1.165) is 17.1 Å². The highest BCUT2D eigenvalue weighted by Gasteiger charge is 2.29. The number of pyridine rings is 1. The lowest BCUT2D eigenvalue weighted by atomic mass is 10.0. The molecule has 108 valence electrons. The van der Waals surface area contributed by atoms with Gasteiger partial charge < -0.3 is 15.4 Å². The Labute approximate surface area is 123 Å². The van der Waals surface area contributed by atoms with Gasteiger partial charge in [0.25, 0.3) is 0 Å². The summed E-state index contributed by atoms with van der Waals surface area (Å²) in [6.45, 7) is 1.60. The first-order valence-corrected chi connectivity index (χ1v) is 6.99. The number of para-hydroxylation sites is 1. The van der Waals surface area contributed by atoms with Crippen molar-refractivity contribution in [3.8, 4) is 5.75 Å². The minimum absolute atomic E-state index is 0.00257. The summed E-state index contributed by atoms with van der Waals surface area (Å²) in [5.74, 6) is 1.41. The van der Waals surface area contributed by atoms with Crippen LogP contribution in [0.2, 0.25) is 0 Å². The quantitative estimate of drug-likeness (QED) is 0.821. The molecule has 3 rings (SSSR count). The van der Waals surface area contributed by atoms with Crippen LogP contribution in [0.1, 0.15) is 11.5 Å². The third-order valence-corrected chi connectivity index (χ3v) is 3.41. The Morgan fingerprint density at radius 3 is 2.90 bits per heavy atom. The van der Waals surface area contributed by atoms with E-state index in [0.29, 0.717) is 19.7 Å². The molecule has 5 nitrogen and oxygen atoms in total. The van der Waals surface area contributed by atoms with Gasteiger partial charge in [0.2, 0.25) is 5.91 Å². The van der Waals surface area contributed by atoms with Crippen LogP contribution >= 0.6 is 0 Å². The lowest BCUT2D eigenvalue weighted by Crippen LogP contribution is -2.33. The van der Waals surface area contributed by atoms with Crippen LogP contribution in [0.4, 0.5) is 5.82 Å². The van der Waals surface area contributed by atoms with Gasteiger partial charge in [0.15, 0.2) is 0 Å². The monoisotopic (exact) mass is 283 g/mol. The predicted molar refractivity (Wildman–Crippen MR) is 80.4 cm³/mol. The van der Waals surface area contributed by atoms with E-state index in [9.17, 15) is 4.79 Å². The van der Waals surface area contributed by atoms with Crippen LogP contribution in [0.25, 0.3) is 0 Å². The molecule has 2 heterocycles. The number of amides is 1. The molecule has 0 bridgehead atoms. The topological polar surface area (TPSA) is 63.2 Å². The second-order valence-corrected chi connectivity index (χ2v) is 4.83. The number of fused-ring (bicyclic) bond motifs is 1. The van der Waals surface area contributed by atoms with E-state index in [1.54, 1.807) is 6.20 Å². The molecule has 1 amide bonds. The second kappa shape index (κ2) is 6.26. The van der Waals surface area contributed by atoms with Gasteiger partial charge in [-0.1, -0.05) is 24.3 Å². The number of aromatic nitrogens is 1. The molecule has 0 saturated heterocycles. The third kappa shape index (κ3) is 3.13. The second-order valence-electron chi connectivity index (χ2n) is 4.83. The number of anilines is 1. The Balaban J connectivity index is 1.47. The minimum atomic E-state index is -0.212. The van der Waals surface area contributed by atoms with Crippen LogP contribution in [-0.2, 0) is 4.79 Å². The van der Waals surface area contributed by atoms with Gasteiger partial charge in [0.05, 0.1) is 0 Å². The molecule has 1 aliphatic rings. The first-order chi connectivity index (χ1) is 10.3. The number of nitrogens with one attached hydrogen (secondary N) is 2. The van der Waals surface area contributed by atoms with Crippen molar-refractivity contribution < 1.29 is 9.53 Å². The first-order valence-electron chi connectivity index (χ1n) is 6.99. The van der Waals surface area contributed by atoms with Gasteiger partial charge >= 0.3 is 0 Å². The van der Waals surface area contributed by atoms with Crippen molar-refractivity contribution in [3.05, 3.63) is 54.2 Å². The predicted octanol–water partition coefficient (Wildman–Crippen LogP) is 1.79. The summed E-state index contributed by atoms with van der Waals surface area (Å²) in [7, 11) is 0. The van der Waals surface area contributed by atoms with Crippen molar-refractivity contribution in [1.82, 2.24) is 10.3 Å². The summed E-state index contributed by atoms with van der Waals surface area (Å²) in [5.41, 5.74) is 0.965. The molecule has 1 atom stereocenters. The van der Waals surface area contributed by atoms with Gasteiger partial charge in [0.1, 0.15) is 24.1 Å².